The molecule has 6 heteroatoms. The Morgan fingerprint density at radius 3 is 2.89 bits per heavy atom. The maximum Gasteiger partial charge on any atom is 0.410 e. The molecule has 2 rings (SSSR count). The number of cyclic esters (lactones) is 1. The van der Waals surface area contributed by atoms with E-state index in [1.807, 2.05) is 13.0 Å². The number of nitrogens with one attached hydrogen (secondary N) is 1. The van der Waals surface area contributed by atoms with Crippen LogP contribution in [0.15, 0.2) is 18.2 Å². The van der Waals surface area contributed by atoms with E-state index in [1.165, 1.54) is 11.9 Å². The summed E-state index contributed by atoms with van der Waals surface area (Å²) in [5, 5.41) is 3.29. The minimum absolute atomic E-state index is 0.0702. The predicted octanol–water partition coefficient (Wildman–Crippen LogP) is 2.04. The van der Waals surface area contributed by atoms with E-state index in [4.69, 9.17) is 16.3 Å². The summed E-state index contributed by atoms with van der Waals surface area (Å²) in [5.74, 6) is -0.284. The van der Waals surface area contributed by atoms with Gasteiger partial charge in [-0.2, -0.15) is 0 Å². The van der Waals surface area contributed by atoms with Gasteiger partial charge in [-0.3, -0.25) is 9.69 Å². The van der Waals surface area contributed by atoms with Gasteiger partial charge in [0.15, 0.2) is 0 Å². The molecule has 0 saturated carbocycles. The Balaban J connectivity index is 2.12. The van der Waals surface area contributed by atoms with Crippen molar-refractivity contribution in [3.05, 3.63) is 28.8 Å². The molecule has 1 aliphatic rings. The molecular formula is C12H13ClN2O3. The third-order valence-electron chi connectivity index (χ3n) is 2.88. The maximum atomic E-state index is 12.0. The van der Waals surface area contributed by atoms with Crippen molar-refractivity contribution in [2.45, 2.75) is 13.0 Å². The molecule has 96 valence electrons. The molecule has 1 N–H and O–H groups in total. The van der Waals surface area contributed by atoms with Gasteiger partial charge in [-0.25, -0.2) is 4.79 Å². The number of halogens is 1. The second kappa shape index (κ2) is 4.86. The fraction of sp³-hybridized carbons (Fsp3) is 0.333. The van der Waals surface area contributed by atoms with Crippen LogP contribution in [0.1, 0.15) is 5.56 Å². The van der Waals surface area contributed by atoms with Crippen molar-refractivity contribution < 1.29 is 14.3 Å². The highest BCUT2D eigenvalue weighted by atomic mass is 35.5. The van der Waals surface area contributed by atoms with Gasteiger partial charge in [0.25, 0.3) is 5.91 Å². The highest BCUT2D eigenvalue weighted by Crippen LogP contribution is 2.21. The number of nitrogens with zero attached hydrogens (tertiary/aromatic N) is 1. The molecule has 1 unspecified atom stereocenters. The molecule has 0 aromatic heterocycles. The fourth-order valence-corrected chi connectivity index (χ4v) is 1.86. The lowest BCUT2D eigenvalue weighted by atomic mass is 10.2. The number of likely N-dealkylation sites (N-methyl/N-ethyl adjacent to an activating group) is 1. The molecule has 1 fully saturated rings. The quantitative estimate of drug-likeness (QED) is 0.893. The Morgan fingerprint density at radius 1 is 1.56 bits per heavy atom. The van der Waals surface area contributed by atoms with Crippen molar-refractivity contribution in [1.29, 1.82) is 0 Å². The third-order valence-corrected chi connectivity index (χ3v) is 3.12. The molecule has 1 aliphatic heterocycles. The molecule has 1 heterocycles. The summed E-state index contributed by atoms with van der Waals surface area (Å²) in [6.07, 6.45) is -0.488. The van der Waals surface area contributed by atoms with Crippen LogP contribution in [0.3, 0.4) is 0 Å². The number of anilines is 1. The molecule has 0 bridgehead atoms. The summed E-state index contributed by atoms with van der Waals surface area (Å²) in [6, 6.07) is 4.64. The maximum absolute atomic E-state index is 12.0. The Labute approximate surface area is 110 Å². The van der Waals surface area contributed by atoms with Gasteiger partial charge in [-0.15, -0.1) is 0 Å². The summed E-state index contributed by atoms with van der Waals surface area (Å²) >= 11 is 5.87. The van der Waals surface area contributed by atoms with E-state index in [2.05, 4.69) is 5.32 Å². The van der Waals surface area contributed by atoms with E-state index in [9.17, 15) is 9.59 Å². The lowest BCUT2D eigenvalue weighted by molar-refractivity contribution is -0.119. The molecule has 0 radical (unpaired) electrons. The summed E-state index contributed by atoms with van der Waals surface area (Å²) in [5.41, 5.74) is 1.54. The van der Waals surface area contributed by atoms with Gasteiger partial charge in [0.2, 0.25) is 0 Å². The van der Waals surface area contributed by atoms with E-state index in [-0.39, 0.29) is 12.5 Å². The Kier molecular flexibility index (Phi) is 3.43. The second-order valence-electron chi connectivity index (χ2n) is 4.15. The highest BCUT2D eigenvalue weighted by Gasteiger charge is 2.35. The van der Waals surface area contributed by atoms with Gasteiger partial charge in [0, 0.05) is 17.8 Å². The summed E-state index contributed by atoms with van der Waals surface area (Å²) in [7, 11) is 1.53. The van der Waals surface area contributed by atoms with Gasteiger partial charge >= 0.3 is 6.09 Å². The highest BCUT2D eigenvalue weighted by molar-refractivity contribution is 6.31. The first-order chi connectivity index (χ1) is 8.49. The van der Waals surface area contributed by atoms with Crippen LogP contribution in [0.5, 0.6) is 0 Å². The van der Waals surface area contributed by atoms with Gasteiger partial charge in [0.1, 0.15) is 12.6 Å². The number of amides is 2. The minimum atomic E-state index is -0.601. The number of ether oxygens (including phenoxy) is 1. The summed E-state index contributed by atoms with van der Waals surface area (Å²) in [6.45, 7) is 1.94. The summed E-state index contributed by atoms with van der Waals surface area (Å²) in [4.78, 5) is 24.4. The zero-order chi connectivity index (χ0) is 13.3. The zero-order valence-electron chi connectivity index (χ0n) is 10.1. The number of carbonyl (C=O) groups is 2. The topological polar surface area (TPSA) is 58.6 Å². The first kappa shape index (κ1) is 12.7. The van der Waals surface area contributed by atoms with Gasteiger partial charge < -0.3 is 10.1 Å². The van der Waals surface area contributed by atoms with Gasteiger partial charge in [-0.1, -0.05) is 17.7 Å². The standard InChI is InChI=1S/C12H13ClN2O3/c1-7-3-4-8(13)5-9(7)14-11(16)10-6-18-12(17)15(10)2/h3-5,10H,6H2,1-2H3,(H,14,16). The Hall–Kier alpha value is -1.75. The number of hydrogen-bond acceptors (Lipinski definition) is 3. The fourth-order valence-electron chi connectivity index (χ4n) is 1.69. The first-order valence-electron chi connectivity index (χ1n) is 5.45. The van der Waals surface area contributed by atoms with Crippen LogP contribution in [0, 0.1) is 6.92 Å². The number of rotatable bonds is 2. The van der Waals surface area contributed by atoms with E-state index in [1.54, 1.807) is 12.1 Å². The Bertz CT molecular complexity index is 504. The van der Waals surface area contributed by atoms with Crippen LogP contribution in [0.4, 0.5) is 10.5 Å². The van der Waals surface area contributed by atoms with Crippen molar-refractivity contribution in [3.8, 4) is 0 Å². The minimum Gasteiger partial charge on any atom is -0.447 e. The van der Waals surface area contributed by atoms with Crippen LogP contribution < -0.4 is 5.32 Å². The SMILES string of the molecule is Cc1ccc(Cl)cc1NC(=O)C1COC(=O)N1C. The molecule has 1 aromatic rings. The van der Waals surface area contributed by atoms with E-state index < -0.39 is 12.1 Å². The van der Waals surface area contributed by atoms with Crippen LogP contribution in [0.25, 0.3) is 0 Å². The smallest absolute Gasteiger partial charge is 0.410 e. The van der Waals surface area contributed by atoms with Crippen molar-refractivity contribution in [3.63, 3.8) is 0 Å². The van der Waals surface area contributed by atoms with Crippen molar-refractivity contribution in [2.24, 2.45) is 0 Å². The zero-order valence-corrected chi connectivity index (χ0v) is 10.8. The normalized spacial score (nSPS) is 18.7. The first-order valence-corrected chi connectivity index (χ1v) is 5.83. The number of carbonyl (C=O) groups excluding carboxylic acids is 2. The summed E-state index contributed by atoms with van der Waals surface area (Å²) < 4.78 is 4.79. The lowest BCUT2D eigenvalue weighted by Crippen LogP contribution is -2.40. The van der Waals surface area contributed by atoms with Crippen molar-refractivity contribution in [2.75, 3.05) is 19.0 Å². The van der Waals surface area contributed by atoms with Gasteiger partial charge in [-0.05, 0) is 24.6 Å². The molecule has 0 spiro atoms. The average molecular weight is 269 g/mol. The monoisotopic (exact) mass is 268 g/mol. The average Bonchev–Trinajstić information content (AvgIpc) is 2.65. The van der Waals surface area contributed by atoms with Gasteiger partial charge in [0.05, 0.1) is 0 Å². The number of hydrogen-bond donors (Lipinski definition) is 1. The third kappa shape index (κ3) is 2.41. The van der Waals surface area contributed by atoms with Crippen LogP contribution in [-0.4, -0.2) is 36.6 Å². The van der Waals surface area contributed by atoms with Crippen LogP contribution in [0.2, 0.25) is 5.02 Å². The largest absolute Gasteiger partial charge is 0.447 e. The molecule has 1 saturated heterocycles. The van der Waals surface area contributed by atoms with E-state index in [0.29, 0.717) is 10.7 Å². The number of benzene rings is 1. The van der Waals surface area contributed by atoms with E-state index >= 15 is 0 Å². The molecule has 1 atom stereocenters. The molecule has 0 aliphatic carbocycles. The van der Waals surface area contributed by atoms with Crippen LogP contribution >= 0.6 is 11.6 Å². The second-order valence-corrected chi connectivity index (χ2v) is 4.59. The molecule has 5 nitrogen and oxygen atoms in total. The molecule has 1 aromatic carbocycles. The van der Waals surface area contributed by atoms with Crippen molar-refractivity contribution in [1.82, 2.24) is 4.90 Å². The Morgan fingerprint density at radius 2 is 2.28 bits per heavy atom. The van der Waals surface area contributed by atoms with Crippen LogP contribution in [-0.2, 0) is 9.53 Å². The molecule has 18 heavy (non-hydrogen) atoms. The van der Waals surface area contributed by atoms with Crippen molar-refractivity contribution >= 4 is 29.3 Å². The van der Waals surface area contributed by atoms with E-state index in [0.717, 1.165) is 5.56 Å². The number of aryl methyl sites for hydroxylation is 1. The predicted molar refractivity (Wildman–Crippen MR) is 67.7 cm³/mol. The molecule has 2 amide bonds. The lowest BCUT2D eigenvalue weighted by Gasteiger charge is -2.16. The molecular weight excluding hydrogens is 256 g/mol.